The van der Waals surface area contributed by atoms with Crippen molar-refractivity contribution in [1.82, 2.24) is 15.2 Å². The van der Waals surface area contributed by atoms with Gasteiger partial charge in [0, 0.05) is 31.0 Å². The van der Waals surface area contributed by atoms with Gasteiger partial charge in [0.05, 0.1) is 0 Å². The highest BCUT2D eigenvalue weighted by molar-refractivity contribution is 5.98. The molecular formula is C16H15N3O2. The zero-order valence-corrected chi connectivity index (χ0v) is 11.4. The second kappa shape index (κ2) is 5.75. The maximum atomic E-state index is 12.6. The van der Waals surface area contributed by atoms with Crippen LogP contribution < -0.4 is 5.32 Å². The third-order valence-corrected chi connectivity index (χ3v) is 3.52. The highest BCUT2D eigenvalue weighted by atomic mass is 16.2. The van der Waals surface area contributed by atoms with Crippen molar-refractivity contribution in [3.05, 3.63) is 66.0 Å². The molecule has 1 aliphatic heterocycles. The summed E-state index contributed by atoms with van der Waals surface area (Å²) in [6.45, 7) is 0.964. The summed E-state index contributed by atoms with van der Waals surface area (Å²) < 4.78 is 0. The number of rotatable bonds is 2. The Labute approximate surface area is 122 Å². The third-order valence-electron chi connectivity index (χ3n) is 3.52. The van der Waals surface area contributed by atoms with Gasteiger partial charge in [0.25, 0.3) is 5.91 Å². The summed E-state index contributed by atoms with van der Waals surface area (Å²) in [4.78, 5) is 30.4. The number of hydrogen-bond acceptors (Lipinski definition) is 3. The van der Waals surface area contributed by atoms with Crippen LogP contribution in [0.5, 0.6) is 0 Å². The molecule has 0 spiro atoms. The second-order valence-corrected chi connectivity index (χ2v) is 4.84. The Hall–Kier alpha value is -2.69. The first-order valence-electron chi connectivity index (χ1n) is 6.81. The smallest absolute Gasteiger partial charge is 0.254 e. The van der Waals surface area contributed by atoms with Crippen LogP contribution in [0.2, 0.25) is 0 Å². The number of benzene rings is 1. The van der Waals surface area contributed by atoms with E-state index >= 15 is 0 Å². The van der Waals surface area contributed by atoms with Gasteiger partial charge in [-0.05, 0) is 17.7 Å². The van der Waals surface area contributed by atoms with E-state index in [1.165, 1.54) is 0 Å². The minimum absolute atomic E-state index is 0.144. The van der Waals surface area contributed by atoms with Gasteiger partial charge in [0.2, 0.25) is 5.91 Å². The average Bonchev–Trinajstić information content (AvgIpc) is 2.55. The molecule has 106 valence electrons. The van der Waals surface area contributed by atoms with E-state index < -0.39 is 6.04 Å². The Kier molecular flexibility index (Phi) is 3.64. The SMILES string of the molecule is O=C1NCCN(C(=O)c2ccncc2)C1c1ccccc1. The first kappa shape index (κ1) is 13.3. The molecule has 1 aromatic carbocycles. The molecule has 0 aliphatic carbocycles. The minimum atomic E-state index is -0.583. The maximum Gasteiger partial charge on any atom is 0.254 e. The fourth-order valence-corrected chi connectivity index (χ4v) is 2.51. The number of nitrogens with zero attached hydrogens (tertiary/aromatic N) is 2. The van der Waals surface area contributed by atoms with Gasteiger partial charge in [-0.15, -0.1) is 0 Å². The van der Waals surface area contributed by atoms with Gasteiger partial charge < -0.3 is 10.2 Å². The fourth-order valence-electron chi connectivity index (χ4n) is 2.51. The van der Waals surface area contributed by atoms with E-state index in [2.05, 4.69) is 10.3 Å². The lowest BCUT2D eigenvalue weighted by atomic mass is 10.0. The zero-order valence-electron chi connectivity index (χ0n) is 11.4. The van der Waals surface area contributed by atoms with Crippen LogP contribution in [0.4, 0.5) is 0 Å². The molecule has 2 heterocycles. The standard InChI is InChI=1S/C16H15N3O2/c20-15-14(12-4-2-1-3-5-12)19(11-10-18-15)16(21)13-6-8-17-9-7-13/h1-9,14H,10-11H2,(H,18,20). The van der Waals surface area contributed by atoms with E-state index in [1.54, 1.807) is 29.4 Å². The lowest BCUT2D eigenvalue weighted by molar-refractivity contribution is -0.128. The Bertz CT molecular complexity index is 643. The molecule has 1 fully saturated rings. The van der Waals surface area contributed by atoms with Crippen molar-refractivity contribution >= 4 is 11.8 Å². The van der Waals surface area contributed by atoms with Gasteiger partial charge in [-0.25, -0.2) is 0 Å². The summed E-state index contributed by atoms with van der Waals surface area (Å²) >= 11 is 0. The van der Waals surface area contributed by atoms with Gasteiger partial charge in [0.1, 0.15) is 6.04 Å². The Morgan fingerprint density at radius 2 is 1.86 bits per heavy atom. The number of hydrogen-bond donors (Lipinski definition) is 1. The van der Waals surface area contributed by atoms with E-state index in [9.17, 15) is 9.59 Å². The Balaban J connectivity index is 1.95. The molecule has 21 heavy (non-hydrogen) atoms. The van der Waals surface area contributed by atoms with Gasteiger partial charge in [-0.1, -0.05) is 30.3 Å². The molecule has 1 aliphatic rings. The predicted octanol–water partition coefficient (Wildman–Crippen LogP) is 1.39. The average molecular weight is 281 g/mol. The van der Waals surface area contributed by atoms with E-state index in [0.29, 0.717) is 18.7 Å². The van der Waals surface area contributed by atoms with Crippen molar-refractivity contribution in [3.63, 3.8) is 0 Å². The van der Waals surface area contributed by atoms with Crippen LogP contribution in [-0.2, 0) is 4.79 Å². The largest absolute Gasteiger partial charge is 0.352 e. The van der Waals surface area contributed by atoms with Crippen molar-refractivity contribution in [2.75, 3.05) is 13.1 Å². The van der Waals surface area contributed by atoms with Crippen molar-refractivity contribution in [1.29, 1.82) is 0 Å². The van der Waals surface area contributed by atoms with E-state index in [0.717, 1.165) is 5.56 Å². The highest BCUT2D eigenvalue weighted by Crippen LogP contribution is 2.24. The van der Waals surface area contributed by atoms with Gasteiger partial charge in [-0.3, -0.25) is 14.6 Å². The normalized spacial score (nSPS) is 18.2. The fraction of sp³-hybridized carbons (Fsp3) is 0.188. The topological polar surface area (TPSA) is 62.3 Å². The molecule has 2 aromatic rings. The number of nitrogens with one attached hydrogen (secondary N) is 1. The zero-order chi connectivity index (χ0) is 14.7. The van der Waals surface area contributed by atoms with Crippen LogP contribution >= 0.6 is 0 Å². The molecule has 1 saturated heterocycles. The summed E-state index contributed by atoms with van der Waals surface area (Å²) in [5, 5.41) is 2.82. The maximum absolute atomic E-state index is 12.6. The molecule has 0 radical (unpaired) electrons. The van der Waals surface area contributed by atoms with Crippen LogP contribution in [0.15, 0.2) is 54.9 Å². The van der Waals surface area contributed by atoms with Crippen LogP contribution in [-0.4, -0.2) is 34.8 Å². The van der Waals surface area contributed by atoms with Crippen LogP contribution in [0.3, 0.4) is 0 Å². The molecule has 5 nitrogen and oxygen atoms in total. The van der Waals surface area contributed by atoms with Crippen molar-refractivity contribution < 1.29 is 9.59 Å². The van der Waals surface area contributed by atoms with Gasteiger partial charge in [0.15, 0.2) is 0 Å². The van der Waals surface area contributed by atoms with Crippen LogP contribution in [0.25, 0.3) is 0 Å². The molecule has 1 aromatic heterocycles. The Morgan fingerprint density at radius 3 is 2.57 bits per heavy atom. The second-order valence-electron chi connectivity index (χ2n) is 4.84. The molecule has 1 atom stereocenters. The minimum Gasteiger partial charge on any atom is -0.352 e. The first-order chi connectivity index (χ1) is 10.3. The number of amides is 2. The van der Waals surface area contributed by atoms with Gasteiger partial charge in [-0.2, -0.15) is 0 Å². The lowest BCUT2D eigenvalue weighted by Gasteiger charge is -2.35. The first-order valence-corrected chi connectivity index (χ1v) is 6.81. The summed E-state index contributed by atoms with van der Waals surface area (Å²) in [5.41, 5.74) is 1.36. The number of aromatic nitrogens is 1. The van der Waals surface area contributed by atoms with E-state index in [4.69, 9.17) is 0 Å². The van der Waals surface area contributed by atoms with Crippen LogP contribution in [0, 0.1) is 0 Å². The van der Waals surface area contributed by atoms with Crippen molar-refractivity contribution in [2.45, 2.75) is 6.04 Å². The summed E-state index contributed by atoms with van der Waals surface area (Å²) in [7, 11) is 0. The lowest BCUT2D eigenvalue weighted by Crippen LogP contribution is -2.52. The molecular weight excluding hydrogens is 266 g/mol. The number of piperazine rings is 1. The van der Waals surface area contributed by atoms with Crippen LogP contribution in [0.1, 0.15) is 22.0 Å². The van der Waals surface area contributed by atoms with Gasteiger partial charge >= 0.3 is 0 Å². The highest BCUT2D eigenvalue weighted by Gasteiger charge is 2.34. The predicted molar refractivity (Wildman–Crippen MR) is 77.5 cm³/mol. The molecule has 3 rings (SSSR count). The van der Waals surface area contributed by atoms with E-state index in [1.807, 2.05) is 30.3 Å². The monoisotopic (exact) mass is 281 g/mol. The summed E-state index contributed by atoms with van der Waals surface area (Å²) in [5.74, 6) is -0.295. The molecule has 2 amide bonds. The quantitative estimate of drug-likeness (QED) is 0.905. The van der Waals surface area contributed by atoms with Crippen molar-refractivity contribution in [3.8, 4) is 0 Å². The third kappa shape index (κ3) is 2.63. The Morgan fingerprint density at radius 1 is 1.14 bits per heavy atom. The molecule has 5 heteroatoms. The van der Waals surface area contributed by atoms with Crippen molar-refractivity contribution in [2.24, 2.45) is 0 Å². The molecule has 0 bridgehead atoms. The summed E-state index contributed by atoms with van der Waals surface area (Å²) in [6, 6.07) is 12.1. The molecule has 1 N–H and O–H groups in total. The van der Waals surface area contributed by atoms with E-state index in [-0.39, 0.29) is 11.8 Å². The number of carbonyl (C=O) groups is 2. The molecule has 1 unspecified atom stereocenters. The number of carbonyl (C=O) groups excluding carboxylic acids is 2. The molecule has 0 saturated carbocycles. The number of pyridine rings is 1. The summed E-state index contributed by atoms with van der Waals surface area (Å²) in [6.07, 6.45) is 3.16.